The van der Waals surface area contributed by atoms with Gasteiger partial charge in [-0.1, -0.05) is 0 Å². The molecule has 20 heavy (non-hydrogen) atoms. The summed E-state index contributed by atoms with van der Waals surface area (Å²) in [4.78, 5) is 24.7. The maximum atomic E-state index is 12.7. The predicted octanol–water partition coefficient (Wildman–Crippen LogP) is 2.67. The van der Waals surface area contributed by atoms with Crippen LogP contribution in [0.1, 0.15) is 18.5 Å². The van der Waals surface area contributed by atoms with Crippen molar-refractivity contribution in [2.75, 3.05) is 0 Å². The zero-order valence-corrected chi connectivity index (χ0v) is 10.5. The Morgan fingerprint density at radius 3 is 2.55 bits per heavy atom. The number of nitro groups is 1. The zero-order valence-electron chi connectivity index (χ0n) is 10.5. The number of hydrogen-bond donors (Lipinski definition) is 1. The van der Waals surface area contributed by atoms with E-state index in [1.165, 1.54) is 6.92 Å². The van der Waals surface area contributed by atoms with Crippen LogP contribution in [0.15, 0.2) is 17.2 Å². The Morgan fingerprint density at radius 2 is 2.05 bits per heavy atom. The molecule has 0 saturated heterocycles. The van der Waals surface area contributed by atoms with E-state index in [0.29, 0.717) is 10.1 Å². The molecule has 2 rings (SSSR count). The van der Waals surface area contributed by atoms with Gasteiger partial charge in [-0.15, -0.1) is 0 Å². The molecule has 1 N–H and O–H groups in total. The van der Waals surface area contributed by atoms with Gasteiger partial charge in [0.15, 0.2) is 0 Å². The van der Waals surface area contributed by atoms with E-state index in [9.17, 15) is 28.1 Å². The second-order valence-corrected chi connectivity index (χ2v) is 4.42. The van der Waals surface area contributed by atoms with Gasteiger partial charge < -0.3 is 9.55 Å². The summed E-state index contributed by atoms with van der Waals surface area (Å²) in [6.07, 6.45) is -2.57. The van der Waals surface area contributed by atoms with Gasteiger partial charge in [-0.3, -0.25) is 14.9 Å². The van der Waals surface area contributed by atoms with Crippen molar-refractivity contribution in [1.29, 1.82) is 0 Å². The van der Waals surface area contributed by atoms with Gasteiger partial charge in [0.1, 0.15) is 11.4 Å². The number of pyridine rings is 1. The highest BCUT2D eigenvalue weighted by molar-refractivity contribution is 5.90. The lowest BCUT2D eigenvalue weighted by atomic mass is 10.2. The van der Waals surface area contributed by atoms with Crippen LogP contribution in [-0.2, 0) is 0 Å². The molecule has 0 aliphatic rings. The van der Waals surface area contributed by atoms with Gasteiger partial charge in [0, 0.05) is 6.20 Å². The Bertz CT molecular complexity index is 745. The molecule has 0 aliphatic heterocycles. The van der Waals surface area contributed by atoms with E-state index in [2.05, 4.69) is 4.98 Å². The summed E-state index contributed by atoms with van der Waals surface area (Å²) in [5, 5.41) is 10.5. The molecule has 6 nitrogen and oxygen atoms in total. The second kappa shape index (κ2) is 4.36. The van der Waals surface area contributed by atoms with Gasteiger partial charge in [-0.05, 0) is 19.4 Å². The second-order valence-electron chi connectivity index (χ2n) is 4.42. The molecule has 108 valence electrons. The molecule has 0 amide bonds. The molecule has 2 heterocycles. The Balaban J connectivity index is 2.83. The van der Waals surface area contributed by atoms with Crippen molar-refractivity contribution in [3.63, 3.8) is 0 Å². The summed E-state index contributed by atoms with van der Waals surface area (Å²) in [7, 11) is 0. The molecule has 1 atom stereocenters. The minimum absolute atomic E-state index is 0.173. The number of fused-ring (bicyclic) bond motifs is 1. The van der Waals surface area contributed by atoms with Crippen molar-refractivity contribution in [3.05, 3.63) is 38.4 Å². The number of H-pyrrole nitrogens is 1. The van der Waals surface area contributed by atoms with Gasteiger partial charge in [0.2, 0.25) is 0 Å². The van der Waals surface area contributed by atoms with Crippen LogP contribution < -0.4 is 5.56 Å². The maximum Gasteiger partial charge on any atom is 0.408 e. The number of nitrogens with zero attached hydrogens (tertiary/aromatic N) is 2. The smallest absolute Gasteiger partial charge is 0.355 e. The van der Waals surface area contributed by atoms with Gasteiger partial charge in [-0.25, -0.2) is 0 Å². The first-order valence-electron chi connectivity index (χ1n) is 5.58. The largest absolute Gasteiger partial charge is 0.408 e. The van der Waals surface area contributed by atoms with Crippen LogP contribution in [0.25, 0.3) is 10.9 Å². The normalized spacial score (nSPS) is 13.7. The predicted molar refractivity (Wildman–Crippen MR) is 64.7 cm³/mol. The molecule has 0 bridgehead atoms. The number of aromatic amines is 1. The van der Waals surface area contributed by atoms with Crippen molar-refractivity contribution in [3.8, 4) is 0 Å². The lowest BCUT2D eigenvalue weighted by Gasteiger charge is -2.19. The summed E-state index contributed by atoms with van der Waals surface area (Å²) in [6, 6.07) is -2.06. The summed E-state index contributed by atoms with van der Waals surface area (Å²) >= 11 is 0. The first-order valence-corrected chi connectivity index (χ1v) is 5.58. The molecular weight excluding hydrogens is 279 g/mol. The molecule has 0 radical (unpaired) electrons. The highest BCUT2D eigenvalue weighted by Gasteiger charge is 2.38. The molecular formula is C11H10F3N3O3. The number of aryl methyl sites for hydroxylation is 1. The SMILES string of the molecule is Cc1cn(C(C)C(F)(F)F)c(=O)c2c([N+](=O)[O-])c[nH]c12. The molecule has 0 aromatic carbocycles. The minimum atomic E-state index is -4.62. The highest BCUT2D eigenvalue weighted by Crippen LogP contribution is 2.31. The third-order valence-corrected chi connectivity index (χ3v) is 3.12. The fourth-order valence-corrected chi connectivity index (χ4v) is 1.99. The summed E-state index contributed by atoms with van der Waals surface area (Å²) in [5.74, 6) is 0. The van der Waals surface area contributed by atoms with Crippen LogP contribution in [0.3, 0.4) is 0 Å². The quantitative estimate of drug-likeness (QED) is 0.681. The van der Waals surface area contributed by atoms with E-state index in [4.69, 9.17) is 0 Å². The number of halogens is 3. The van der Waals surface area contributed by atoms with Crippen LogP contribution in [0.5, 0.6) is 0 Å². The molecule has 0 fully saturated rings. The number of alkyl halides is 3. The van der Waals surface area contributed by atoms with Crippen molar-refractivity contribution in [2.45, 2.75) is 26.1 Å². The van der Waals surface area contributed by atoms with Gasteiger partial charge in [0.25, 0.3) is 11.2 Å². The van der Waals surface area contributed by atoms with Crippen molar-refractivity contribution in [1.82, 2.24) is 9.55 Å². The third kappa shape index (κ3) is 2.04. The van der Waals surface area contributed by atoms with Crippen LogP contribution in [-0.4, -0.2) is 20.7 Å². The molecule has 2 aromatic heterocycles. The Morgan fingerprint density at radius 1 is 1.45 bits per heavy atom. The lowest BCUT2D eigenvalue weighted by Crippen LogP contribution is -2.32. The van der Waals surface area contributed by atoms with E-state index in [1.807, 2.05) is 0 Å². The van der Waals surface area contributed by atoms with Crippen molar-refractivity contribution >= 4 is 16.6 Å². The average molecular weight is 289 g/mol. The van der Waals surface area contributed by atoms with Gasteiger partial charge in [0.05, 0.1) is 16.6 Å². The van der Waals surface area contributed by atoms with Gasteiger partial charge >= 0.3 is 6.18 Å². The van der Waals surface area contributed by atoms with E-state index < -0.39 is 28.4 Å². The molecule has 2 aromatic rings. The lowest BCUT2D eigenvalue weighted by molar-refractivity contribution is -0.383. The number of rotatable bonds is 2. The fourth-order valence-electron chi connectivity index (χ4n) is 1.99. The van der Waals surface area contributed by atoms with E-state index in [0.717, 1.165) is 19.3 Å². The van der Waals surface area contributed by atoms with Crippen LogP contribution in [0.2, 0.25) is 0 Å². The summed E-state index contributed by atoms with van der Waals surface area (Å²) < 4.78 is 38.7. The number of aromatic nitrogens is 2. The van der Waals surface area contributed by atoms with Crippen molar-refractivity contribution in [2.24, 2.45) is 0 Å². The monoisotopic (exact) mass is 289 g/mol. The van der Waals surface area contributed by atoms with E-state index in [1.54, 1.807) is 0 Å². The molecule has 1 unspecified atom stereocenters. The first kappa shape index (κ1) is 14.1. The Kier molecular flexibility index (Phi) is 3.07. The number of hydrogen-bond acceptors (Lipinski definition) is 3. The van der Waals surface area contributed by atoms with Crippen LogP contribution >= 0.6 is 0 Å². The van der Waals surface area contributed by atoms with Crippen LogP contribution in [0.4, 0.5) is 18.9 Å². The standard InChI is InChI=1S/C11H10F3N3O3/c1-5-4-16(6(2)11(12,13)14)10(18)8-7(17(19)20)3-15-9(5)8/h3-4,6,15H,1-2H3. The summed E-state index contributed by atoms with van der Waals surface area (Å²) in [6.45, 7) is 2.30. The number of nitrogens with one attached hydrogen (secondary N) is 1. The van der Waals surface area contributed by atoms with Gasteiger partial charge in [-0.2, -0.15) is 13.2 Å². The van der Waals surface area contributed by atoms with E-state index >= 15 is 0 Å². The van der Waals surface area contributed by atoms with Crippen LogP contribution in [0, 0.1) is 17.0 Å². The topological polar surface area (TPSA) is 80.9 Å². The Labute approximate surface area is 110 Å². The summed E-state index contributed by atoms with van der Waals surface area (Å²) in [5.41, 5.74) is -1.07. The molecule has 0 aliphatic carbocycles. The third-order valence-electron chi connectivity index (χ3n) is 3.12. The molecule has 0 spiro atoms. The minimum Gasteiger partial charge on any atom is -0.355 e. The van der Waals surface area contributed by atoms with E-state index in [-0.39, 0.29) is 10.9 Å². The molecule has 9 heteroatoms. The Hall–Kier alpha value is -2.32. The maximum absolute atomic E-state index is 12.7. The average Bonchev–Trinajstić information content (AvgIpc) is 2.77. The molecule has 0 saturated carbocycles. The highest BCUT2D eigenvalue weighted by atomic mass is 19.4. The first-order chi connectivity index (χ1) is 9.14. The zero-order chi connectivity index (χ0) is 15.2. The van der Waals surface area contributed by atoms with Crippen molar-refractivity contribution < 1.29 is 18.1 Å². The fraction of sp³-hybridized carbons (Fsp3) is 0.364.